The highest BCUT2D eigenvalue weighted by Gasteiger charge is 2.40. The van der Waals surface area contributed by atoms with E-state index >= 15 is 0 Å². The Hall–Kier alpha value is -2.42. The topological polar surface area (TPSA) is 63.1 Å². The van der Waals surface area contributed by atoms with Gasteiger partial charge in [-0.25, -0.2) is 0 Å². The molecule has 0 aromatic carbocycles. The van der Waals surface area contributed by atoms with Crippen molar-refractivity contribution in [2.75, 3.05) is 13.6 Å². The second kappa shape index (κ2) is 7.30. The van der Waals surface area contributed by atoms with Gasteiger partial charge in [-0.05, 0) is 19.1 Å². The first-order valence-electron chi connectivity index (χ1n) is 8.66. The number of amides is 1. The average molecular weight is 381 g/mol. The van der Waals surface area contributed by atoms with Crippen molar-refractivity contribution < 1.29 is 18.0 Å². The van der Waals surface area contributed by atoms with Crippen LogP contribution in [-0.4, -0.2) is 39.2 Å². The monoisotopic (exact) mass is 381 g/mol. The minimum Gasteiger partial charge on any atom is -0.338 e. The van der Waals surface area contributed by atoms with Crippen molar-refractivity contribution in [1.82, 2.24) is 25.0 Å². The second-order valence-corrected chi connectivity index (χ2v) is 6.85. The van der Waals surface area contributed by atoms with E-state index in [2.05, 4.69) is 15.4 Å². The molecule has 0 bridgehead atoms. The third kappa shape index (κ3) is 3.83. The lowest BCUT2D eigenvalue weighted by molar-refractivity contribution is -0.138. The molecule has 0 aliphatic carbocycles. The van der Waals surface area contributed by atoms with Crippen molar-refractivity contribution in [3.8, 4) is 0 Å². The molecule has 27 heavy (non-hydrogen) atoms. The van der Waals surface area contributed by atoms with Crippen molar-refractivity contribution in [1.29, 1.82) is 0 Å². The van der Waals surface area contributed by atoms with Gasteiger partial charge in [-0.3, -0.25) is 14.5 Å². The summed E-state index contributed by atoms with van der Waals surface area (Å²) in [6.07, 6.45) is -0.995. The van der Waals surface area contributed by atoms with E-state index in [0.717, 1.165) is 17.3 Å². The van der Waals surface area contributed by atoms with Gasteiger partial charge in [-0.2, -0.15) is 18.3 Å². The summed E-state index contributed by atoms with van der Waals surface area (Å²) in [6, 6.07) is 2.15. The van der Waals surface area contributed by atoms with Crippen LogP contribution in [-0.2, 0) is 24.6 Å². The molecule has 0 spiro atoms. The third-order valence-electron chi connectivity index (χ3n) is 5.18. The van der Waals surface area contributed by atoms with E-state index in [1.165, 1.54) is 12.3 Å². The van der Waals surface area contributed by atoms with Crippen LogP contribution in [0.25, 0.3) is 0 Å². The molecule has 1 aliphatic heterocycles. The van der Waals surface area contributed by atoms with Gasteiger partial charge in [0.05, 0.1) is 23.5 Å². The number of carbonyl (C=O) groups is 1. The van der Waals surface area contributed by atoms with Gasteiger partial charge >= 0.3 is 6.18 Å². The molecule has 0 unspecified atom stereocenters. The first kappa shape index (κ1) is 19.3. The molecule has 1 saturated heterocycles. The largest absolute Gasteiger partial charge is 0.418 e. The maximum Gasteiger partial charge on any atom is 0.418 e. The van der Waals surface area contributed by atoms with E-state index in [4.69, 9.17) is 0 Å². The number of rotatable bonds is 5. The van der Waals surface area contributed by atoms with Gasteiger partial charge in [0.25, 0.3) is 0 Å². The Labute approximate surface area is 155 Å². The molecule has 9 heteroatoms. The number of hydrogen-bond acceptors (Lipinski definition) is 4. The third-order valence-corrected chi connectivity index (χ3v) is 5.18. The predicted molar refractivity (Wildman–Crippen MR) is 92.5 cm³/mol. The van der Waals surface area contributed by atoms with Crippen LogP contribution < -0.4 is 5.32 Å². The van der Waals surface area contributed by atoms with Crippen molar-refractivity contribution in [3.63, 3.8) is 0 Å². The zero-order valence-electron chi connectivity index (χ0n) is 15.4. The molecule has 2 atom stereocenters. The van der Waals surface area contributed by atoms with Crippen molar-refractivity contribution >= 4 is 5.91 Å². The maximum atomic E-state index is 13.1. The minimum atomic E-state index is -4.44. The molecule has 1 N–H and O–H groups in total. The summed E-state index contributed by atoms with van der Waals surface area (Å²) in [5.41, 5.74) is 1.15. The number of hydrogen-bond donors (Lipinski definition) is 1. The fraction of sp³-hybridized carbons (Fsp3) is 0.500. The fourth-order valence-corrected chi connectivity index (χ4v) is 3.62. The van der Waals surface area contributed by atoms with E-state index in [9.17, 15) is 18.0 Å². The molecule has 2 aromatic rings. The van der Waals surface area contributed by atoms with Gasteiger partial charge in [0.15, 0.2) is 0 Å². The molecular formula is C18H22F3N5O. The minimum absolute atomic E-state index is 0.0111. The van der Waals surface area contributed by atoms with Crippen molar-refractivity contribution in [2.45, 2.75) is 32.1 Å². The lowest BCUT2D eigenvalue weighted by Crippen LogP contribution is -2.30. The summed E-state index contributed by atoms with van der Waals surface area (Å²) in [5.74, 6) is -0.0349. The van der Waals surface area contributed by atoms with E-state index < -0.39 is 11.7 Å². The van der Waals surface area contributed by atoms with Crippen LogP contribution in [0.4, 0.5) is 13.2 Å². The van der Waals surface area contributed by atoms with Crippen molar-refractivity contribution in [2.24, 2.45) is 13.0 Å². The van der Waals surface area contributed by atoms with Crippen molar-refractivity contribution in [3.05, 3.63) is 47.0 Å². The lowest BCUT2D eigenvalue weighted by Gasteiger charge is -2.25. The summed E-state index contributed by atoms with van der Waals surface area (Å²) in [4.78, 5) is 17.8. The molecule has 2 aromatic heterocycles. The zero-order chi connectivity index (χ0) is 19.8. The summed E-state index contributed by atoms with van der Waals surface area (Å²) in [5, 5.41) is 7.30. The first-order chi connectivity index (χ1) is 12.7. The maximum absolute atomic E-state index is 13.1. The van der Waals surface area contributed by atoms with Crippen LogP contribution in [0.15, 0.2) is 24.5 Å². The number of nitrogens with one attached hydrogen (secondary N) is 1. The number of likely N-dealkylation sites (tertiary alicyclic amines) is 1. The number of pyridine rings is 1. The van der Waals surface area contributed by atoms with Gasteiger partial charge in [-0.1, -0.05) is 0 Å². The molecule has 146 valence electrons. The molecule has 1 amide bonds. The van der Waals surface area contributed by atoms with Gasteiger partial charge in [-0.15, -0.1) is 0 Å². The highest BCUT2D eigenvalue weighted by Crippen LogP contribution is 2.38. The highest BCUT2D eigenvalue weighted by molar-refractivity contribution is 5.79. The second-order valence-electron chi connectivity index (χ2n) is 6.85. The predicted octanol–water partition coefficient (Wildman–Crippen LogP) is 2.45. The lowest BCUT2D eigenvalue weighted by atomic mass is 9.94. The first-order valence-corrected chi connectivity index (χ1v) is 8.66. The SMILES string of the molecule is Cc1c([C@H]2[C@H](CNCc3ncccc3C(F)(F)F)CC(=O)N2C)cnn1C. The summed E-state index contributed by atoms with van der Waals surface area (Å²) in [6.45, 7) is 2.33. The van der Waals surface area contributed by atoms with Gasteiger partial charge in [0.2, 0.25) is 5.91 Å². The number of aryl methyl sites for hydroxylation is 1. The Morgan fingerprint density at radius 1 is 1.33 bits per heavy atom. The Balaban J connectivity index is 1.72. The average Bonchev–Trinajstić information content (AvgIpc) is 3.07. The molecule has 3 rings (SSSR count). The van der Waals surface area contributed by atoms with E-state index in [0.29, 0.717) is 13.0 Å². The molecule has 0 saturated carbocycles. The van der Waals surface area contributed by atoms with Gasteiger partial charge in [0.1, 0.15) is 0 Å². The Bertz CT molecular complexity index is 833. The number of carbonyl (C=O) groups excluding carboxylic acids is 1. The smallest absolute Gasteiger partial charge is 0.338 e. The molecule has 1 fully saturated rings. The van der Waals surface area contributed by atoms with Crippen LogP contribution in [0, 0.1) is 12.8 Å². The van der Waals surface area contributed by atoms with Crippen LogP contribution in [0.5, 0.6) is 0 Å². The normalized spacial score (nSPS) is 20.5. The molecular weight excluding hydrogens is 359 g/mol. The molecule has 1 aliphatic rings. The highest BCUT2D eigenvalue weighted by atomic mass is 19.4. The van der Waals surface area contributed by atoms with Crippen LogP contribution >= 0.6 is 0 Å². The number of nitrogens with zero attached hydrogens (tertiary/aromatic N) is 4. The Morgan fingerprint density at radius 2 is 2.07 bits per heavy atom. The van der Waals surface area contributed by atoms with Crippen LogP contribution in [0.2, 0.25) is 0 Å². The van der Waals surface area contributed by atoms with E-state index in [1.807, 2.05) is 14.0 Å². The number of halogens is 3. The molecule has 0 radical (unpaired) electrons. The van der Waals surface area contributed by atoms with Gasteiger partial charge < -0.3 is 10.2 Å². The Kier molecular flexibility index (Phi) is 5.23. The summed E-state index contributed by atoms with van der Waals surface area (Å²) >= 11 is 0. The molecule has 6 nitrogen and oxygen atoms in total. The summed E-state index contributed by atoms with van der Waals surface area (Å²) in [7, 11) is 3.59. The molecule has 3 heterocycles. The fourth-order valence-electron chi connectivity index (χ4n) is 3.62. The standard InChI is InChI=1S/C18H22F3N5O/c1-11-13(9-24-26(11)3)17-12(7-16(27)25(17)2)8-22-10-15-14(18(19,20)21)5-4-6-23-15/h4-6,9,12,17,22H,7-8,10H2,1-3H3/t12-,17+/m0/s1. The van der Waals surface area contributed by atoms with Crippen LogP contribution in [0.1, 0.15) is 35.0 Å². The summed E-state index contributed by atoms with van der Waals surface area (Å²) < 4.78 is 41.0. The number of alkyl halides is 3. The van der Waals surface area contributed by atoms with E-state index in [1.54, 1.807) is 22.8 Å². The van der Waals surface area contributed by atoms with Gasteiger partial charge in [0, 0.05) is 57.0 Å². The zero-order valence-corrected chi connectivity index (χ0v) is 15.4. The number of aromatic nitrogens is 3. The Morgan fingerprint density at radius 3 is 2.70 bits per heavy atom. The van der Waals surface area contributed by atoms with Crippen LogP contribution in [0.3, 0.4) is 0 Å². The quantitative estimate of drug-likeness (QED) is 0.864. The van der Waals surface area contributed by atoms with E-state index in [-0.39, 0.29) is 30.1 Å².